The van der Waals surface area contributed by atoms with Gasteiger partial charge in [0.2, 0.25) is 11.9 Å². The van der Waals surface area contributed by atoms with Gasteiger partial charge in [0.05, 0.1) is 26.4 Å². The van der Waals surface area contributed by atoms with E-state index in [4.69, 9.17) is 9.47 Å². The summed E-state index contributed by atoms with van der Waals surface area (Å²) in [6.45, 7) is 2.24. The number of amides is 2. The summed E-state index contributed by atoms with van der Waals surface area (Å²) in [7, 11) is 0. The van der Waals surface area contributed by atoms with E-state index in [1.807, 2.05) is 0 Å². The summed E-state index contributed by atoms with van der Waals surface area (Å²) >= 11 is 0. The number of halogens is 1. The van der Waals surface area contributed by atoms with E-state index >= 15 is 0 Å². The molecule has 2 amide bonds. The molecule has 0 saturated carbocycles. The van der Waals surface area contributed by atoms with Gasteiger partial charge in [0, 0.05) is 25.1 Å². The maximum absolute atomic E-state index is 14.4. The summed E-state index contributed by atoms with van der Waals surface area (Å²) < 4.78 is 25.7. The smallest absolute Gasteiger partial charge is 0.251 e. The first-order chi connectivity index (χ1) is 16.1. The molecule has 2 saturated heterocycles. The summed E-state index contributed by atoms with van der Waals surface area (Å²) in [4.78, 5) is 29.9. The molecule has 33 heavy (non-hydrogen) atoms. The van der Waals surface area contributed by atoms with Gasteiger partial charge in [0.1, 0.15) is 29.5 Å². The molecule has 11 heteroatoms. The number of guanidine groups is 1. The molecule has 180 valence electrons. The number of benzene rings is 1. The third-order valence-electron chi connectivity index (χ3n) is 5.90. The van der Waals surface area contributed by atoms with E-state index < -0.39 is 11.9 Å². The fourth-order valence-electron chi connectivity index (χ4n) is 4.10. The SMILES string of the molecule is O=C(CCCCCCOc1ccc(F)c2c1N=C1NC(=O)C(CO)N1C2)NC1CNCCO1. The number of morpholine rings is 1. The van der Waals surface area contributed by atoms with E-state index in [-0.39, 0.29) is 31.2 Å². The largest absolute Gasteiger partial charge is 0.491 e. The van der Waals surface area contributed by atoms with Crippen LogP contribution >= 0.6 is 0 Å². The molecule has 2 unspecified atom stereocenters. The van der Waals surface area contributed by atoms with Crippen LogP contribution in [-0.2, 0) is 20.9 Å². The number of ether oxygens (including phenoxy) is 2. The van der Waals surface area contributed by atoms with Gasteiger partial charge in [-0.3, -0.25) is 14.9 Å². The van der Waals surface area contributed by atoms with Crippen molar-refractivity contribution < 1.29 is 28.6 Å². The molecule has 0 aliphatic carbocycles. The van der Waals surface area contributed by atoms with Crippen molar-refractivity contribution >= 4 is 23.5 Å². The zero-order valence-electron chi connectivity index (χ0n) is 18.4. The Kier molecular flexibility index (Phi) is 7.73. The number of aliphatic hydroxyl groups excluding tert-OH is 1. The summed E-state index contributed by atoms with van der Waals surface area (Å²) in [5.41, 5.74) is 0.714. The van der Waals surface area contributed by atoms with Gasteiger partial charge in [-0.25, -0.2) is 9.38 Å². The van der Waals surface area contributed by atoms with Crippen LogP contribution in [0, 0.1) is 5.82 Å². The van der Waals surface area contributed by atoms with Gasteiger partial charge >= 0.3 is 0 Å². The molecule has 10 nitrogen and oxygen atoms in total. The van der Waals surface area contributed by atoms with Crippen molar-refractivity contribution in [1.82, 2.24) is 20.9 Å². The molecule has 3 aliphatic heterocycles. The van der Waals surface area contributed by atoms with Crippen molar-refractivity contribution in [1.29, 1.82) is 0 Å². The number of nitrogens with zero attached hydrogens (tertiary/aromatic N) is 2. The second kappa shape index (κ2) is 10.9. The molecule has 0 spiro atoms. The lowest BCUT2D eigenvalue weighted by Gasteiger charge is -2.28. The molecule has 2 fully saturated rings. The lowest BCUT2D eigenvalue weighted by Crippen LogP contribution is -2.48. The van der Waals surface area contributed by atoms with Gasteiger partial charge in [0.25, 0.3) is 5.91 Å². The number of hydrogen-bond donors (Lipinski definition) is 4. The molecular weight excluding hydrogens is 433 g/mol. The Morgan fingerprint density at radius 3 is 2.97 bits per heavy atom. The molecule has 0 aromatic heterocycles. The summed E-state index contributed by atoms with van der Waals surface area (Å²) in [6, 6.07) is 2.11. The Morgan fingerprint density at radius 2 is 2.18 bits per heavy atom. The number of fused-ring (bicyclic) bond motifs is 2. The number of rotatable bonds is 10. The van der Waals surface area contributed by atoms with Crippen molar-refractivity contribution in [3.8, 4) is 5.75 Å². The van der Waals surface area contributed by atoms with Crippen LogP contribution in [-0.4, -0.2) is 73.0 Å². The van der Waals surface area contributed by atoms with Crippen LogP contribution in [0.4, 0.5) is 10.1 Å². The number of aliphatic hydroxyl groups is 1. The first-order valence-corrected chi connectivity index (χ1v) is 11.4. The minimum absolute atomic E-state index is 0.00603. The van der Waals surface area contributed by atoms with Crippen LogP contribution in [0.5, 0.6) is 5.75 Å². The van der Waals surface area contributed by atoms with Crippen molar-refractivity contribution in [2.24, 2.45) is 4.99 Å². The van der Waals surface area contributed by atoms with Gasteiger partial charge < -0.3 is 30.1 Å². The second-order valence-corrected chi connectivity index (χ2v) is 8.27. The number of hydrogen-bond acceptors (Lipinski definition) is 8. The summed E-state index contributed by atoms with van der Waals surface area (Å²) in [5, 5.41) is 18.1. The first kappa shape index (κ1) is 23.4. The minimum atomic E-state index is -0.769. The zero-order chi connectivity index (χ0) is 23.2. The molecular formula is C22H30FN5O5. The third kappa shape index (κ3) is 5.60. The molecule has 4 rings (SSSR count). The van der Waals surface area contributed by atoms with Gasteiger partial charge in [-0.15, -0.1) is 0 Å². The van der Waals surface area contributed by atoms with E-state index in [1.54, 1.807) is 11.0 Å². The molecule has 3 heterocycles. The highest BCUT2D eigenvalue weighted by Gasteiger charge is 2.40. The summed E-state index contributed by atoms with van der Waals surface area (Å²) in [6.07, 6.45) is 3.58. The number of unbranched alkanes of at least 4 members (excludes halogenated alkanes) is 3. The Morgan fingerprint density at radius 1 is 1.33 bits per heavy atom. The Hall–Kier alpha value is -2.76. The summed E-state index contributed by atoms with van der Waals surface area (Å²) in [5.74, 6) is -0.0312. The average molecular weight is 464 g/mol. The van der Waals surface area contributed by atoms with Crippen LogP contribution in [0.1, 0.15) is 37.7 Å². The molecule has 1 aromatic rings. The fourth-order valence-corrected chi connectivity index (χ4v) is 4.10. The lowest BCUT2D eigenvalue weighted by molar-refractivity contribution is -0.126. The maximum atomic E-state index is 14.4. The number of carbonyl (C=O) groups excluding carboxylic acids is 2. The predicted molar refractivity (Wildman–Crippen MR) is 117 cm³/mol. The van der Waals surface area contributed by atoms with Gasteiger partial charge in [-0.2, -0.15) is 0 Å². The van der Waals surface area contributed by atoms with Gasteiger partial charge in [-0.05, 0) is 25.0 Å². The van der Waals surface area contributed by atoms with Crippen molar-refractivity contribution in [3.05, 3.63) is 23.5 Å². The Balaban J connectivity index is 1.20. The Labute approximate surface area is 191 Å². The second-order valence-electron chi connectivity index (χ2n) is 8.27. The van der Waals surface area contributed by atoms with Crippen molar-refractivity contribution in [2.75, 3.05) is 32.9 Å². The number of carbonyl (C=O) groups is 2. The molecule has 0 radical (unpaired) electrons. The molecule has 0 bridgehead atoms. The lowest BCUT2D eigenvalue weighted by atomic mass is 10.1. The fraction of sp³-hybridized carbons (Fsp3) is 0.591. The zero-order valence-corrected chi connectivity index (χ0v) is 18.4. The van der Waals surface area contributed by atoms with E-state index in [1.165, 1.54) is 6.07 Å². The van der Waals surface area contributed by atoms with E-state index in [2.05, 4.69) is 20.9 Å². The molecule has 2 atom stereocenters. The van der Waals surface area contributed by atoms with E-state index in [9.17, 15) is 19.1 Å². The van der Waals surface area contributed by atoms with Crippen LogP contribution in [0.15, 0.2) is 17.1 Å². The highest BCUT2D eigenvalue weighted by molar-refractivity contribution is 6.08. The normalized spacial score (nSPS) is 21.7. The maximum Gasteiger partial charge on any atom is 0.251 e. The van der Waals surface area contributed by atoms with E-state index in [0.29, 0.717) is 49.1 Å². The molecule has 3 aliphatic rings. The van der Waals surface area contributed by atoms with Gasteiger partial charge in [0.15, 0.2) is 0 Å². The van der Waals surface area contributed by atoms with Gasteiger partial charge in [-0.1, -0.05) is 12.8 Å². The quantitative estimate of drug-likeness (QED) is 0.373. The third-order valence-corrected chi connectivity index (χ3v) is 5.90. The van der Waals surface area contributed by atoms with Crippen LogP contribution in [0.3, 0.4) is 0 Å². The minimum Gasteiger partial charge on any atom is -0.491 e. The first-order valence-electron chi connectivity index (χ1n) is 11.4. The van der Waals surface area contributed by atoms with Crippen LogP contribution in [0.2, 0.25) is 0 Å². The predicted octanol–water partition coefficient (Wildman–Crippen LogP) is 0.511. The van der Waals surface area contributed by atoms with Crippen molar-refractivity contribution in [2.45, 2.75) is 50.9 Å². The highest BCUT2D eigenvalue weighted by atomic mass is 19.1. The monoisotopic (exact) mass is 463 g/mol. The number of aliphatic imine (C=N–C) groups is 1. The van der Waals surface area contributed by atoms with E-state index in [0.717, 1.165) is 32.2 Å². The van der Waals surface area contributed by atoms with Crippen molar-refractivity contribution in [3.63, 3.8) is 0 Å². The highest BCUT2D eigenvalue weighted by Crippen LogP contribution is 2.38. The van der Waals surface area contributed by atoms with Crippen LogP contribution < -0.4 is 20.7 Å². The molecule has 4 N–H and O–H groups in total. The average Bonchev–Trinajstić information content (AvgIpc) is 3.13. The molecule has 1 aromatic carbocycles. The van der Waals surface area contributed by atoms with Crippen LogP contribution in [0.25, 0.3) is 0 Å². The number of nitrogens with one attached hydrogen (secondary N) is 3. The standard InChI is InChI=1S/C22H30FN5O5/c23-15-6-7-17(20-14(15)12-28-16(13-29)21(31)27-22(28)26-20)32-9-4-2-1-3-5-18(30)25-19-11-24-8-10-33-19/h6-7,16,19,24,29H,1-5,8-13H2,(H,25,30)(H,26,27,31). The Bertz CT molecular complexity index is 905. The topological polar surface area (TPSA) is 125 Å².